The predicted octanol–water partition coefficient (Wildman–Crippen LogP) is 4.44. The molecular weight excluding hydrogens is 272 g/mol. The maximum absolute atomic E-state index is 6.02. The van der Waals surface area contributed by atoms with Gasteiger partial charge in [0.25, 0.3) is 0 Å². The summed E-state index contributed by atoms with van der Waals surface area (Å²) < 4.78 is 5.78. The number of hydrogen-bond donors (Lipinski definition) is 1. The summed E-state index contributed by atoms with van der Waals surface area (Å²) in [7, 11) is 0. The molecule has 0 bridgehead atoms. The highest BCUT2D eigenvalue weighted by molar-refractivity contribution is 6.31. The zero-order chi connectivity index (χ0) is 13.9. The highest BCUT2D eigenvalue weighted by Crippen LogP contribution is 2.24. The Morgan fingerprint density at radius 2 is 2.00 bits per heavy atom. The molecule has 0 fully saturated rings. The molecule has 20 heavy (non-hydrogen) atoms. The van der Waals surface area contributed by atoms with Gasteiger partial charge in [0.05, 0.1) is 0 Å². The molecule has 0 unspecified atom stereocenters. The zero-order valence-electron chi connectivity index (χ0n) is 11.2. The van der Waals surface area contributed by atoms with Crippen molar-refractivity contribution in [3.63, 3.8) is 0 Å². The van der Waals surface area contributed by atoms with Crippen molar-refractivity contribution in [1.29, 1.82) is 0 Å². The Bertz CT molecular complexity index is 722. The number of benzene rings is 2. The van der Waals surface area contributed by atoms with Crippen LogP contribution in [0.15, 0.2) is 46.9 Å². The van der Waals surface area contributed by atoms with E-state index in [0.717, 1.165) is 41.2 Å². The number of aryl methyl sites for hydroxylation is 1. The quantitative estimate of drug-likeness (QED) is 0.770. The number of fused-ring (bicyclic) bond motifs is 1. The monoisotopic (exact) mass is 286 g/mol. The number of halogens is 1. The van der Waals surface area contributed by atoms with E-state index in [1.807, 2.05) is 49.4 Å². The predicted molar refractivity (Wildman–Crippen MR) is 82.4 cm³/mol. The van der Waals surface area contributed by atoms with E-state index in [9.17, 15) is 0 Å². The highest BCUT2D eigenvalue weighted by Gasteiger charge is 2.09. The van der Waals surface area contributed by atoms with Gasteiger partial charge in [-0.15, -0.1) is 0 Å². The van der Waals surface area contributed by atoms with Crippen LogP contribution in [0.3, 0.4) is 0 Å². The van der Waals surface area contributed by atoms with Gasteiger partial charge in [0.2, 0.25) is 0 Å². The van der Waals surface area contributed by atoms with Crippen LogP contribution in [0.5, 0.6) is 0 Å². The molecule has 0 saturated carbocycles. The number of nitrogens with one attached hydrogen (secondary N) is 1. The van der Waals surface area contributed by atoms with E-state index >= 15 is 0 Å². The van der Waals surface area contributed by atoms with Gasteiger partial charge >= 0.3 is 0 Å². The van der Waals surface area contributed by atoms with Gasteiger partial charge in [-0.05, 0) is 36.8 Å². The molecule has 0 amide bonds. The molecule has 4 heteroatoms. The second-order valence-electron chi connectivity index (χ2n) is 4.72. The number of aromatic nitrogens is 1. The van der Waals surface area contributed by atoms with Gasteiger partial charge in [-0.1, -0.05) is 29.8 Å². The van der Waals surface area contributed by atoms with Crippen molar-refractivity contribution < 1.29 is 4.42 Å². The van der Waals surface area contributed by atoms with Gasteiger partial charge in [-0.25, -0.2) is 4.98 Å². The summed E-state index contributed by atoms with van der Waals surface area (Å²) >= 11 is 6.02. The standard InChI is InChI=1S/C16H15ClN2O/c1-11-9-12(17)10-14-16(11)20-15(19-14)7-8-18-13-5-3-2-4-6-13/h2-6,9-10,18H,7-8H2,1H3. The van der Waals surface area contributed by atoms with Crippen molar-refractivity contribution in [2.75, 3.05) is 11.9 Å². The van der Waals surface area contributed by atoms with Gasteiger partial charge in [0.1, 0.15) is 5.52 Å². The molecule has 1 N–H and O–H groups in total. The van der Waals surface area contributed by atoms with E-state index in [4.69, 9.17) is 16.0 Å². The molecule has 0 aliphatic rings. The van der Waals surface area contributed by atoms with E-state index in [1.54, 1.807) is 0 Å². The largest absolute Gasteiger partial charge is 0.440 e. The lowest BCUT2D eigenvalue weighted by Crippen LogP contribution is -2.04. The van der Waals surface area contributed by atoms with Gasteiger partial charge in [-0.3, -0.25) is 0 Å². The Balaban J connectivity index is 1.70. The van der Waals surface area contributed by atoms with E-state index in [-0.39, 0.29) is 0 Å². The van der Waals surface area contributed by atoms with Crippen molar-refractivity contribution in [2.24, 2.45) is 0 Å². The SMILES string of the molecule is Cc1cc(Cl)cc2nc(CCNc3ccccc3)oc12. The first-order valence-corrected chi connectivity index (χ1v) is 6.94. The number of anilines is 1. The van der Waals surface area contributed by atoms with Crippen molar-refractivity contribution in [1.82, 2.24) is 4.98 Å². The second-order valence-corrected chi connectivity index (χ2v) is 5.16. The first-order chi connectivity index (χ1) is 9.72. The van der Waals surface area contributed by atoms with E-state index in [2.05, 4.69) is 10.3 Å². The van der Waals surface area contributed by atoms with Gasteiger partial charge in [0.15, 0.2) is 11.5 Å². The first kappa shape index (κ1) is 13.0. The van der Waals surface area contributed by atoms with Crippen LogP contribution in [0.1, 0.15) is 11.5 Å². The molecule has 2 aromatic carbocycles. The van der Waals surface area contributed by atoms with Crippen LogP contribution in [0.25, 0.3) is 11.1 Å². The van der Waals surface area contributed by atoms with E-state index in [0.29, 0.717) is 5.02 Å². The molecule has 3 aromatic rings. The fourth-order valence-electron chi connectivity index (χ4n) is 2.18. The summed E-state index contributed by atoms with van der Waals surface area (Å²) in [5.41, 5.74) is 3.76. The molecule has 0 atom stereocenters. The lowest BCUT2D eigenvalue weighted by molar-refractivity contribution is 0.532. The average molecular weight is 287 g/mol. The van der Waals surface area contributed by atoms with Crippen LogP contribution in [0.2, 0.25) is 5.02 Å². The van der Waals surface area contributed by atoms with Crippen LogP contribution < -0.4 is 5.32 Å². The van der Waals surface area contributed by atoms with Gasteiger partial charge < -0.3 is 9.73 Å². The number of rotatable bonds is 4. The Labute approximate surface area is 122 Å². The molecule has 0 radical (unpaired) electrons. The minimum Gasteiger partial charge on any atom is -0.440 e. The van der Waals surface area contributed by atoms with Crippen molar-refractivity contribution in [3.8, 4) is 0 Å². The minimum atomic E-state index is 0.692. The molecule has 0 aliphatic carbocycles. The topological polar surface area (TPSA) is 38.1 Å². The molecule has 3 nitrogen and oxygen atoms in total. The summed E-state index contributed by atoms with van der Waals surface area (Å²) in [5, 5.41) is 4.03. The molecule has 102 valence electrons. The van der Waals surface area contributed by atoms with Crippen molar-refractivity contribution in [2.45, 2.75) is 13.3 Å². The second kappa shape index (κ2) is 5.55. The molecule has 1 heterocycles. The Morgan fingerprint density at radius 1 is 1.20 bits per heavy atom. The van der Waals surface area contributed by atoms with Crippen LogP contribution in [-0.4, -0.2) is 11.5 Å². The molecule has 0 spiro atoms. The number of nitrogens with zero attached hydrogens (tertiary/aromatic N) is 1. The summed E-state index contributed by atoms with van der Waals surface area (Å²) in [6.45, 7) is 2.76. The molecule has 0 saturated heterocycles. The van der Waals surface area contributed by atoms with Gasteiger partial charge in [-0.2, -0.15) is 0 Å². The first-order valence-electron chi connectivity index (χ1n) is 6.57. The fraction of sp³-hybridized carbons (Fsp3) is 0.188. The Hall–Kier alpha value is -2.00. The van der Waals surface area contributed by atoms with Crippen LogP contribution in [0.4, 0.5) is 5.69 Å². The fourth-order valence-corrected chi connectivity index (χ4v) is 2.45. The lowest BCUT2D eigenvalue weighted by Gasteiger charge is -2.03. The van der Waals surface area contributed by atoms with Crippen LogP contribution in [0, 0.1) is 6.92 Å². The maximum atomic E-state index is 6.02. The summed E-state index contributed by atoms with van der Waals surface area (Å²) in [5.74, 6) is 0.730. The number of hydrogen-bond acceptors (Lipinski definition) is 3. The van der Waals surface area contributed by atoms with Crippen molar-refractivity contribution >= 4 is 28.4 Å². The van der Waals surface area contributed by atoms with Crippen LogP contribution in [-0.2, 0) is 6.42 Å². The zero-order valence-corrected chi connectivity index (χ0v) is 11.9. The number of oxazole rings is 1. The maximum Gasteiger partial charge on any atom is 0.197 e. The normalized spacial score (nSPS) is 10.9. The molecule has 0 aliphatic heterocycles. The smallest absolute Gasteiger partial charge is 0.197 e. The third-order valence-electron chi connectivity index (χ3n) is 3.13. The Morgan fingerprint density at radius 3 is 2.80 bits per heavy atom. The molecular formula is C16H15ClN2O. The summed E-state index contributed by atoms with van der Waals surface area (Å²) in [4.78, 5) is 4.47. The van der Waals surface area contributed by atoms with E-state index in [1.165, 1.54) is 0 Å². The minimum absolute atomic E-state index is 0.692. The highest BCUT2D eigenvalue weighted by atomic mass is 35.5. The van der Waals surface area contributed by atoms with Gasteiger partial charge in [0, 0.05) is 23.7 Å². The molecule has 1 aromatic heterocycles. The summed E-state index contributed by atoms with van der Waals surface area (Å²) in [6, 6.07) is 13.8. The van der Waals surface area contributed by atoms with Crippen molar-refractivity contribution in [3.05, 3.63) is 58.9 Å². The number of para-hydroxylation sites is 1. The van der Waals surface area contributed by atoms with E-state index < -0.39 is 0 Å². The molecule has 3 rings (SSSR count). The Kier molecular flexibility index (Phi) is 3.61. The third-order valence-corrected chi connectivity index (χ3v) is 3.34. The third kappa shape index (κ3) is 2.78. The summed E-state index contributed by atoms with van der Waals surface area (Å²) in [6.07, 6.45) is 0.737. The van der Waals surface area contributed by atoms with Crippen LogP contribution >= 0.6 is 11.6 Å². The average Bonchev–Trinajstić information content (AvgIpc) is 2.83. The lowest BCUT2D eigenvalue weighted by atomic mass is 10.2.